The predicted molar refractivity (Wildman–Crippen MR) is 61.0 cm³/mol. The zero-order valence-corrected chi connectivity index (χ0v) is 9.76. The Balaban J connectivity index is 2.28. The van der Waals surface area contributed by atoms with E-state index in [2.05, 4.69) is 35.3 Å². The van der Waals surface area contributed by atoms with Crippen LogP contribution in [0.3, 0.4) is 0 Å². The summed E-state index contributed by atoms with van der Waals surface area (Å²) in [5.74, 6) is 0. The molecular weight excluding hydrogens is 212 g/mol. The first-order chi connectivity index (χ1) is 7.11. The topological polar surface area (TPSA) is 64.3 Å². The summed E-state index contributed by atoms with van der Waals surface area (Å²) in [6.45, 7) is 5.10. The number of nitrogens with one attached hydrogen (secondary N) is 1. The molecule has 0 radical (unpaired) electrons. The summed E-state index contributed by atoms with van der Waals surface area (Å²) in [4.78, 5) is 11.6. The van der Waals surface area contributed by atoms with Crippen molar-refractivity contribution in [2.24, 2.45) is 5.73 Å². The number of nitrogens with two attached hydrogens (primary N) is 1. The van der Waals surface area contributed by atoms with Crippen molar-refractivity contribution in [3.63, 3.8) is 0 Å². The van der Waals surface area contributed by atoms with Crippen LogP contribution in [-0.2, 0) is 4.74 Å². The van der Waals surface area contributed by atoms with Crippen molar-refractivity contribution < 1.29 is 9.53 Å². The highest BCUT2D eigenvalue weighted by molar-refractivity contribution is 7.10. The molecule has 1 aromatic heterocycles. The fourth-order valence-electron chi connectivity index (χ4n) is 1.35. The molecule has 1 unspecified atom stereocenters. The maximum Gasteiger partial charge on any atom is 0.404 e. The lowest BCUT2D eigenvalue weighted by molar-refractivity contribution is 0.156. The van der Waals surface area contributed by atoms with Gasteiger partial charge in [0, 0.05) is 17.5 Å². The summed E-state index contributed by atoms with van der Waals surface area (Å²) >= 11 is 1.73. The van der Waals surface area contributed by atoms with Gasteiger partial charge in [-0.15, -0.1) is 11.3 Å². The van der Waals surface area contributed by atoms with E-state index < -0.39 is 6.09 Å². The van der Waals surface area contributed by atoms with Crippen molar-refractivity contribution in [2.75, 3.05) is 13.2 Å². The molecule has 1 atom stereocenters. The number of hydrogen-bond acceptors (Lipinski definition) is 4. The van der Waals surface area contributed by atoms with E-state index in [1.165, 1.54) is 10.4 Å². The van der Waals surface area contributed by atoms with Crippen molar-refractivity contribution in [3.05, 3.63) is 21.9 Å². The number of ether oxygens (including phenoxy) is 1. The highest BCUT2D eigenvalue weighted by atomic mass is 32.1. The van der Waals surface area contributed by atoms with Crippen molar-refractivity contribution in [3.8, 4) is 0 Å². The van der Waals surface area contributed by atoms with E-state index in [9.17, 15) is 4.79 Å². The van der Waals surface area contributed by atoms with Crippen LogP contribution in [0.15, 0.2) is 11.4 Å². The van der Waals surface area contributed by atoms with E-state index in [0.717, 1.165) is 0 Å². The van der Waals surface area contributed by atoms with Gasteiger partial charge in [-0.2, -0.15) is 0 Å². The molecule has 0 bridgehead atoms. The molecule has 0 aliphatic carbocycles. The van der Waals surface area contributed by atoms with Gasteiger partial charge in [0.05, 0.1) is 0 Å². The molecule has 0 aliphatic rings. The largest absolute Gasteiger partial charge is 0.448 e. The third-order valence-corrected chi connectivity index (χ3v) is 3.29. The van der Waals surface area contributed by atoms with Crippen LogP contribution in [-0.4, -0.2) is 19.2 Å². The lowest BCUT2D eigenvalue weighted by Crippen LogP contribution is -2.25. The number of aryl methyl sites for hydroxylation is 1. The van der Waals surface area contributed by atoms with Crippen molar-refractivity contribution in [1.82, 2.24) is 5.32 Å². The smallest absolute Gasteiger partial charge is 0.404 e. The van der Waals surface area contributed by atoms with E-state index in [4.69, 9.17) is 5.73 Å². The number of carbonyl (C=O) groups is 1. The van der Waals surface area contributed by atoms with Crippen LogP contribution in [0, 0.1) is 6.92 Å². The molecule has 3 N–H and O–H groups in total. The number of primary amides is 1. The Labute approximate surface area is 93.4 Å². The molecule has 1 heterocycles. The van der Waals surface area contributed by atoms with Crippen LogP contribution < -0.4 is 11.1 Å². The second kappa shape index (κ2) is 5.72. The lowest BCUT2D eigenvalue weighted by Gasteiger charge is -2.12. The Hall–Kier alpha value is -1.07. The van der Waals surface area contributed by atoms with Crippen molar-refractivity contribution in [2.45, 2.75) is 19.9 Å². The number of rotatable bonds is 5. The van der Waals surface area contributed by atoms with Gasteiger partial charge in [-0.1, -0.05) is 0 Å². The predicted octanol–water partition coefficient (Wildman–Crippen LogP) is 1.80. The molecular formula is C10H16N2O2S. The average molecular weight is 228 g/mol. The first-order valence-electron chi connectivity index (χ1n) is 4.81. The van der Waals surface area contributed by atoms with E-state index in [-0.39, 0.29) is 6.04 Å². The Kier molecular flexibility index (Phi) is 4.58. The second-order valence-electron chi connectivity index (χ2n) is 3.31. The molecule has 0 saturated heterocycles. The molecule has 1 amide bonds. The number of thiophene rings is 1. The third kappa shape index (κ3) is 3.89. The molecule has 0 aromatic carbocycles. The normalized spacial score (nSPS) is 12.4. The van der Waals surface area contributed by atoms with Crippen molar-refractivity contribution >= 4 is 17.4 Å². The van der Waals surface area contributed by atoms with Crippen LogP contribution >= 0.6 is 11.3 Å². The zero-order chi connectivity index (χ0) is 11.3. The molecule has 4 nitrogen and oxygen atoms in total. The minimum atomic E-state index is -0.725. The fraction of sp³-hybridized carbons (Fsp3) is 0.500. The molecule has 1 aromatic rings. The highest BCUT2D eigenvalue weighted by Gasteiger charge is 2.08. The Morgan fingerprint density at radius 2 is 2.47 bits per heavy atom. The minimum Gasteiger partial charge on any atom is -0.448 e. The fourth-order valence-corrected chi connectivity index (χ4v) is 2.31. The number of carbonyl (C=O) groups excluding carboxylic acids is 1. The van der Waals surface area contributed by atoms with Crippen LogP contribution in [0.2, 0.25) is 0 Å². The van der Waals surface area contributed by atoms with Crippen LogP contribution in [0.25, 0.3) is 0 Å². The maximum atomic E-state index is 10.3. The maximum absolute atomic E-state index is 10.3. The van der Waals surface area contributed by atoms with Gasteiger partial charge in [0.1, 0.15) is 6.61 Å². The molecule has 1 rings (SSSR count). The lowest BCUT2D eigenvalue weighted by atomic mass is 10.2. The van der Waals surface area contributed by atoms with Gasteiger partial charge in [0.15, 0.2) is 0 Å². The van der Waals surface area contributed by atoms with Crippen molar-refractivity contribution in [1.29, 1.82) is 0 Å². The summed E-state index contributed by atoms with van der Waals surface area (Å²) in [5, 5.41) is 5.33. The van der Waals surface area contributed by atoms with Gasteiger partial charge in [0.2, 0.25) is 0 Å². The minimum absolute atomic E-state index is 0.279. The highest BCUT2D eigenvalue weighted by Crippen LogP contribution is 2.22. The van der Waals surface area contributed by atoms with E-state index in [1.807, 2.05) is 0 Å². The molecule has 0 fully saturated rings. The molecule has 15 heavy (non-hydrogen) atoms. The summed E-state index contributed by atoms with van der Waals surface area (Å²) in [6, 6.07) is 2.37. The average Bonchev–Trinajstić information content (AvgIpc) is 2.58. The number of hydrogen-bond donors (Lipinski definition) is 2. The Morgan fingerprint density at radius 3 is 3.00 bits per heavy atom. The SMILES string of the molecule is Cc1ccsc1C(C)NCCOC(N)=O. The molecule has 0 saturated carbocycles. The molecule has 0 aliphatic heterocycles. The monoisotopic (exact) mass is 228 g/mol. The standard InChI is InChI=1S/C10H16N2O2S/c1-7-3-6-15-9(7)8(2)12-4-5-14-10(11)13/h3,6,8,12H,4-5H2,1-2H3,(H2,11,13). The number of amides is 1. The summed E-state index contributed by atoms with van der Waals surface area (Å²) in [6.07, 6.45) is -0.725. The van der Waals surface area contributed by atoms with Gasteiger partial charge in [-0.05, 0) is 30.9 Å². The van der Waals surface area contributed by atoms with Gasteiger partial charge in [-0.25, -0.2) is 4.79 Å². The molecule has 0 spiro atoms. The van der Waals surface area contributed by atoms with Gasteiger partial charge in [0.25, 0.3) is 0 Å². The second-order valence-corrected chi connectivity index (χ2v) is 4.26. The van der Waals surface area contributed by atoms with Crippen LogP contribution in [0.4, 0.5) is 4.79 Å². The molecule has 84 valence electrons. The van der Waals surface area contributed by atoms with E-state index >= 15 is 0 Å². The first-order valence-corrected chi connectivity index (χ1v) is 5.69. The Bertz CT molecular complexity index is 325. The summed E-state index contributed by atoms with van der Waals surface area (Å²) in [5.41, 5.74) is 6.13. The van der Waals surface area contributed by atoms with Gasteiger partial charge in [-0.3, -0.25) is 0 Å². The van der Waals surface area contributed by atoms with Gasteiger partial charge < -0.3 is 15.8 Å². The van der Waals surface area contributed by atoms with Crippen LogP contribution in [0.1, 0.15) is 23.4 Å². The summed E-state index contributed by atoms with van der Waals surface area (Å²) < 4.78 is 4.62. The zero-order valence-electron chi connectivity index (χ0n) is 8.95. The molecule has 5 heteroatoms. The van der Waals surface area contributed by atoms with Gasteiger partial charge >= 0.3 is 6.09 Å². The quantitative estimate of drug-likeness (QED) is 0.755. The van der Waals surface area contributed by atoms with E-state index in [0.29, 0.717) is 13.2 Å². The first kappa shape index (κ1) is 12.0. The van der Waals surface area contributed by atoms with Crippen LogP contribution in [0.5, 0.6) is 0 Å². The summed E-state index contributed by atoms with van der Waals surface area (Å²) in [7, 11) is 0. The third-order valence-electron chi connectivity index (χ3n) is 2.09. The van der Waals surface area contributed by atoms with E-state index in [1.54, 1.807) is 11.3 Å². The Morgan fingerprint density at radius 1 is 1.73 bits per heavy atom.